The lowest BCUT2D eigenvalue weighted by Gasteiger charge is -2.03. The van der Waals surface area contributed by atoms with Crippen LogP contribution in [0.3, 0.4) is 0 Å². The first-order valence-electron chi connectivity index (χ1n) is 4.98. The third-order valence-corrected chi connectivity index (χ3v) is 2.74. The van der Waals surface area contributed by atoms with Crippen molar-refractivity contribution in [1.82, 2.24) is 0 Å². The van der Waals surface area contributed by atoms with Crippen molar-refractivity contribution in [2.75, 3.05) is 6.61 Å². The Morgan fingerprint density at radius 3 is 2.89 bits per heavy atom. The maximum Gasteiger partial charge on any atom is 0.340 e. The number of carbonyl (C=O) groups excluding carboxylic acids is 1. The maximum absolute atomic E-state index is 11.5. The molecule has 0 N–H and O–H groups in total. The number of hydrogen-bond donors (Lipinski definition) is 0. The van der Waals surface area contributed by atoms with Crippen LogP contribution in [0, 0.1) is 0 Å². The molecule has 0 aromatic heterocycles. The highest BCUT2D eigenvalue weighted by Crippen LogP contribution is 2.27. The Kier molecular flexibility index (Phi) is 5.52. The Hall–Kier alpha value is -1.68. The van der Waals surface area contributed by atoms with E-state index in [0.29, 0.717) is 10.6 Å². The summed E-state index contributed by atoms with van der Waals surface area (Å²) in [7, 11) is 0. The van der Waals surface area contributed by atoms with Gasteiger partial charge in [0.05, 0.1) is 16.7 Å². The third-order valence-electron chi connectivity index (χ3n) is 1.91. The lowest BCUT2D eigenvalue weighted by molar-refractivity contribution is -0.138. The fraction of sp³-hybridized carbons (Fsp3) is 0.182. The molecule has 1 aromatic rings. The number of carbonyl (C=O) groups is 1. The Morgan fingerprint density at radius 1 is 1.56 bits per heavy atom. The van der Waals surface area contributed by atoms with E-state index in [1.807, 2.05) is 0 Å². The summed E-state index contributed by atoms with van der Waals surface area (Å²) in [5, 5.41) is 3.89. The molecule has 0 radical (unpaired) electrons. The minimum atomic E-state index is -0.716. The molecule has 0 bridgehead atoms. The van der Waals surface area contributed by atoms with Crippen LogP contribution in [0.2, 0.25) is 10.0 Å². The molecule has 0 atom stereocenters. The molecule has 0 unspecified atom stereocenters. The molecule has 94 valence electrons. The molecule has 1 rings (SSSR count). The average molecular weight is 286 g/mol. The van der Waals surface area contributed by atoms with E-state index in [9.17, 15) is 4.79 Å². The zero-order valence-corrected chi connectivity index (χ0v) is 10.9. The molecule has 0 heterocycles. The Labute approximate surface area is 114 Å². The Balaban J connectivity index is 3.20. The fourth-order valence-electron chi connectivity index (χ4n) is 1.16. The second-order valence-electron chi connectivity index (χ2n) is 3.08. The molecule has 0 amide bonds. The molecular formula is C11H9Cl2N3O2. The molecule has 0 saturated carbocycles. The van der Waals surface area contributed by atoms with E-state index in [4.69, 9.17) is 33.5 Å². The second kappa shape index (κ2) is 6.91. The summed E-state index contributed by atoms with van der Waals surface area (Å²) in [5.41, 5.74) is 8.70. The lowest BCUT2D eigenvalue weighted by atomic mass is 10.2. The average Bonchev–Trinajstić information content (AvgIpc) is 2.34. The van der Waals surface area contributed by atoms with Crippen LogP contribution >= 0.6 is 23.2 Å². The number of nitrogens with zero attached hydrogens (tertiary/aromatic N) is 3. The van der Waals surface area contributed by atoms with Gasteiger partial charge in [-0.25, -0.2) is 4.79 Å². The summed E-state index contributed by atoms with van der Waals surface area (Å²) in [5.74, 6) is -0.716. The molecule has 0 aliphatic rings. The lowest BCUT2D eigenvalue weighted by Crippen LogP contribution is -2.05. The molecule has 0 spiro atoms. The van der Waals surface area contributed by atoms with Crippen LogP contribution in [0.5, 0.6) is 0 Å². The predicted octanol–water partition coefficient (Wildman–Crippen LogP) is 4.21. The number of halogens is 2. The van der Waals surface area contributed by atoms with E-state index in [-0.39, 0.29) is 17.3 Å². The summed E-state index contributed by atoms with van der Waals surface area (Å²) in [6.45, 7) is 1.83. The largest absolute Gasteiger partial charge is 0.462 e. The van der Waals surface area contributed by atoms with Gasteiger partial charge < -0.3 is 4.74 Å². The van der Waals surface area contributed by atoms with E-state index in [1.165, 1.54) is 6.08 Å². The SMILES string of the molecule is CCOC(=O)C(=Cc1cccc(Cl)c1Cl)N=[N+]=[N-]. The highest BCUT2D eigenvalue weighted by Gasteiger charge is 2.10. The van der Waals surface area contributed by atoms with Crippen molar-refractivity contribution < 1.29 is 9.53 Å². The third kappa shape index (κ3) is 3.67. The first kappa shape index (κ1) is 14.4. The predicted molar refractivity (Wildman–Crippen MR) is 70.2 cm³/mol. The van der Waals surface area contributed by atoms with E-state index in [2.05, 4.69) is 10.0 Å². The van der Waals surface area contributed by atoms with Gasteiger partial charge in [-0.1, -0.05) is 40.4 Å². The summed E-state index contributed by atoms with van der Waals surface area (Å²) in [6, 6.07) is 4.91. The molecular weight excluding hydrogens is 277 g/mol. The smallest absolute Gasteiger partial charge is 0.340 e. The van der Waals surface area contributed by atoms with Gasteiger partial charge in [0.25, 0.3) is 0 Å². The van der Waals surface area contributed by atoms with Gasteiger partial charge in [0.2, 0.25) is 0 Å². The minimum Gasteiger partial charge on any atom is -0.462 e. The van der Waals surface area contributed by atoms with Crippen molar-refractivity contribution in [1.29, 1.82) is 0 Å². The van der Waals surface area contributed by atoms with Gasteiger partial charge in [-0.15, -0.1) is 0 Å². The monoisotopic (exact) mass is 285 g/mol. The van der Waals surface area contributed by atoms with Crippen molar-refractivity contribution in [2.45, 2.75) is 6.92 Å². The summed E-state index contributed by atoms with van der Waals surface area (Å²) < 4.78 is 4.75. The fourth-order valence-corrected chi connectivity index (χ4v) is 1.52. The van der Waals surface area contributed by atoms with Gasteiger partial charge in [-0.2, -0.15) is 0 Å². The molecule has 0 saturated heterocycles. The summed E-state index contributed by atoms with van der Waals surface area (Å²) in [6.07, 6.45) is 1.33. The minimum absolute atomic E-state index is 0.177. The van der Waals surface area contributed by atoms with Crippen molar-refractivity contribution in [3.05, 3.63) is 49.9 Å². The molecule has 0 aliphatic heterocycles. The highest BCUT2D eigenvalue weighted by molar-refractivity contribution is 6.42. The van der Waals surface area contributed by atoms with Crippen LogP contribution in [0.1, 0.15) is 12.5 Å². The maximum atomic E-state index is 11.5. The second-order valence-corrected chi connectivity index (χ2v) is 3.87. The van der Waals surface area contributed by atoms with E-state index in [1.54, 1.807) is 25.1 Å². The number of esters is 1. The number of ether oxygens (including phenoxy) is 1. The van der Waals surface area contributed by atoms with Gasteiger partial charge in [0, 0.05) is 4.91 Å². The van der Waals surface area contributed by atoms with E-state index < -0.39 is 5.97 Å². The van der Waals surface area contributed by atoms with Crippen LogP contribution in [0.25, 0.3) is 16.5 Å². The van der Waals surface area contributed by atoms with Gasteiger partial charge in [-0.3, -0.25) is 0 Å². The summed E-state index contributed by atoms with van der Waals surface area (Å²) in [4.78, 5) is 14.1. The molecule has 7 heteroatoms. The van der Waals surface area contributed by atoms with Crippen LogP contribution in [-0.2, 0) is 9.53 Å². The van der Waals surface area contributed by atoms with Crippen molar-refractivity contribution in [2.24, 2.45) is 5.11 Å². The van der Waals surface area contributed by atoms with Crippen LogP contribution < -0.4 is 0 Å². The topological polar surface area (TPSA) is 75.1 Å². The molecule has 18 heavy (non-hydrogen) atoms. The van der Waals surface area contributed by atoms with Gasteiger partial charge in [0.15, 0.2) is 0 Å². The van der Waals surface area contributed by atoms with Gasteiger partial charge in [0.1, 0.15) is 5.70 Å². The Morgan fingerprint density at radius 2 is 2.28 bits per heavy atom. The van der Waals surface area contributed by atoms with E-state index >= 15 is 0 Å². The number of rotatable bonds is 4. The standard InChI is InChI=1S/C11H9Cl2N3O2/c1-2-18-11(17)9(15-16-14)6-7-4-3-5-8(12)10(7)13/h3-6H,2H2,1H3. The summed E-state index contributed by atoms with van der Waals surface area (Å²) >= 11 is 11.8. The first-order valence-corrected chi connectivity index (χ1v) is 5.73. The zero-order valence-electron chi connectivity index (χ0n) is 9.43. The molecule has 0 fully saturated rings. The van der Waals surface area contributed by atoms with Crippen molar-refractivity contribution in [3.8, 4) is 0 Å². The normalized spacial score (nSPS) is 10.7. The van der Waals surface area contributed by atoms with Gasteiger partial charge >= 0.3 is 5.97 Å². The number of azide groups is 1. The first-order chi connectivity index (χ1) is 8.60. The van der Waals surface area contributed by atoms with Crippen molar-refractivity contribution in [3.63, 3.8) is 0 Å². The molecule has 1 aromatic carbocycles. The highest BCUT2D eigenvalue weighted by atomic mass is 35.5. The quantitative estimate of drug-likeness (QED) is 0.273. The van der Waals surface area contributed by atoms with Crippen LogP contribution in [0.4, 0.5) is 0 Å². The Bertz CT molecular complexity index is 537. The molecule has 5 nitrogen and oxygen atoms in total. The van der Waals surface area contributed by atoms with E-state index in [0.717, 1.165) is 0 Å². The number of hydrogen-bond acceptors (Lipinski definition) is 3. The van der Waals surface area contributed by atoms with Gasteiger partial charge in [-0.05, 0) is 30.2 Å². The van der Waals surface area contributed by atoms with Crippen LogP contribution in [0.15, 0.2) is 29.0 Å². The molecule has 0 aliphatic carbocycles. The zero-order chi connectivity index (χ0) is 13.5. The van der Waals surface area contributed by atoms with Crippen molar-refractivity contribution >= 4 is 35.2 Å². The van der Waals surface area contributed by atoms with Crippen LogP contribution in [-0.4, -0.2) is 12.6 Å². The number of benzene rings is 1.